The summed E-state index contributed by atoms with van der Waals surface area (Å²) in [6.45, 7) is 9.40. The van der Waals surface area contributed by atoms with Gasteiger partial charge in [-0.25, -0.2) is 4.98 Å². The normalized spacial score (nSPS) is 17.1. The smallest absolute Gasteiger partial charge is 0.263 e. The number of nitrogens with one attached hydrogen (secondary N) is 2. The number of hydrogen-bond acceptors (Lipinski definition) is 4. The van der Waals surface area contributed by atoms with Crippen LogP contribution in [0.1, 0.15) is 22.3 Å². The van der Waals surface area contributed by atoms with Crippen LogP contribution in [0.2, 0.25) is 19.6 Å². The Bertz CT molecular complexity index is 1100. The van der Waals surface area contributed by atoms with Gasteiger partial charge in [0.2, 0.25) is 0 Å². The molecule has 1 amide bonds. The molecular formula is C20H21N3OSSi. The highest BCUT2D eigenvalue weighted by molar-refractivity contribution is 7.21. The molecule has 0 unspecified atom stereocenters. The molecule has 1 aliphatic heterocycles. The first-order valence-electron chi connectivity index (χ1n) is 8.76. The van der Waals surface area contributed by atoms with Crippen molar-refractivity contribution in [3.8, 4) is 11.5 Å². The number of rotatable bonds is 0. The maximum Gasteiger partial charge on any atom is 0.263 e. The number of thiophene rings is 1. The fourth-order valence-electron chi connectivity index (χ4n) is 3.05. The van der Waals surface area contributed by atoms with Crippen molar-refractivity contribution in [2.75, 3.05) is 11.9 Å². The second-order valence-electron chi connectivity index (χ2n) is 7.76. The molecule has 1 aromatic carbocycles. The van der Waals surface area contributed by atoms with E-state index in [2.05, 4.69) is 53.9 Å². The topological polar surface area (TPSA) is 54.0 Å². The largest absolute Gasteiger partial charge is 0.381 e. The Hall–Kier alpha value is -2.36. The molecule has 26 heavy (non-hydrogen) atoms. The van der Waals surface area contributed by atoms with Crippen molar-refractivity contribution < 1.29 is 4.79 Å². The van der Waals surface area contributed by atoms with Gasteiger partial charge >= 0.3 is 0 Å². The van der Waals surface area contributed by atoms with Crippen LogP contribution >= 0.6 is 11.3 Å². The van der Waals surface area contributed by atoms with Crippen molar-refractivity contribution in [3.05, 3.63) is 34.8 Å². The highest BCUT2D eigenvalue weighted by Crippen LogP contribution is 2.40. The van der Waals surface area contributed by atoms with Gasteiger partial charge < -0.3 is 10.6 Å². The van der Waals surface area contributed by atoms with Gasteiger partial charge in [-0.2, -0.15) is 0 Å². The molecule has 3 aromatic rings. The average Bonchev–Trinajstić information content (AvgIpc) is 2.90. The van der Waals surface area contributed by atoms with Crippen LogP contribution in [-0.4, -0.2) is 31.6 Å². The molecule has 0 spiro atoms. The van der Waals surface area contributed by atoms with Crippen molar-refractivity contribution in [2.45, 2.75) is 32.6 Å². The van der Waals surface area contributed by atoms with Gasteiger partial charge in [-0.15, -0.1) is 16.9 Å². The molecule has 0 saturated heterocycles. The molecule has 2 N–H and O–H groups in total. The van der Waals surface area contributed by atoms with Gasteiger partial charge in [0.05, 0.1) is 11.2 Å². The lowest BCUT2D eigenvalue weighted by atomic mass is 10.1. The second kappa shape index (κ2) is 6.11. The van der Waals surface area contributed by atoms with Gasteiger partial charge in [-0.3, -0.25) is 4.79 Å². The van der Waals surface area contributed by atoms with Crippen LogP contribution in [0.5, 0.6) is 0 Å². The predicted octanol–water partition coefficient (Wildman–Crippen LogP) is 4.22. The van der Waals surface area contributed by atoms with E-state index in [0.29, 0.717) is 6.54 Å². The molecule has 0 fully saturated rings. The summed E-state index contributed by atoms with van der Waals surface area (Å²) in [6, 6.07) is 8.25. The minimum absolute atomic E-state index is 0.00238. The Kier molecular flexibility index (Phi) is 4.01. The lowest BCUT2D eigenvalue weighted by Crippen LogP contribution is -2.34. The third-order valence-corrected chi connectivity index (χ3v) is 6.29. The zero-order valence-corrected chi connectivity index (χ0v) is 17.2. The van der Waals surface area contributed by atoms with E-state index in [1.54, 1.807) is 0 Å². The first kappa shape index (κ1) is 17.1. The number of carbonyl (C=O) groups excluding carboxylic acids is 1. The first-order chi connectivity index (χ1) is 12.3. The van der Waals surface area contributed by atoms with Gasteiger partial charge in [0.15, 0.2) is 0 Å². The van der Waals surface area contributed by atoms with E-state index in [1.165, 1.54) is 11.3 Å². The maximum atomic E-state index is 12.5. The van der Waals surface area contributed by atoms with Crippen molar-refractivity contribution in [1.82, 2.24) is 10.3 Å². The number of hydrogen-bond donors (Lipinski definition) is 2. The van der Waals surface area contributed by atoms with E-state index in [9.17, 15) is 4.79 Å². The number of carbonyl (C=O) groups is 1. The van der Waals surface area contributed by atoms with Crippen molar-refractivity contribution in [3.63, 3.8) is 0 Å². The van der Waals surface area contributed by atoms with Crippen LogP contribution in [0.15, 0.2) is 24.3 Å². The summed E-state index contributed by atoms with van der Waals surface area (Å²) < 4.78 is 1.10. The zero-order chi connectivity index (χ0) is 18.5. The highest BCUT2D eigenvalue weighted by atomic mass is 32.1. The van der Waals surface area contributed by atoms with Crippen LogP contribution in [0.3, 0.4) is 0 Å². The van der Waals surface area contributed by atoms with E-state index in [4.69, 9.17) is 4.98 Å². The number of amides is 1. The van der Waals surface area contributed by atoms with Crippen LogP contribution < -0.4 is 10.6 Å². The molecule has 3 heterocycles. The standard InChI is InChI=1S/C20H21N3OSSi/c1-12-11-21-18-17-14-6-5-13(9-10-26(2,3)4)23-15(14)7-8-16(17)25-19(18)20(24)22-12/h5-8,12,21H,11H2,1-4H3,(H,22,24)/t12-/m1/s1. The van der Waals surface area contributed by atoms with E-state index >= 15 is 0 Å². The summed E-state index contributed by atoms with van der Waals surface area (Å²) in [5.74, 6) is 3.22. The molecule has 6 heteroatoms. The van der Waals surface area contributed by atoms with E-state index < -0.39 is 8.07 Å². The zero-order valence-electron chi connectivity index (χ0n) is 15.4. The lowest BCUT2D eigenvalue weighted by Gasteiger charge is -2.10. The molecule has 1 aliphatic rings. The van der Waals surface area contributed by atoms with Crippen molar-refractivity contribution in [2.24, 2.45) is 0 Å². The molecule has 1 atom stereocenters. The molecule has 4 rings (SSSR count). The van der Waals surface area contributed by atoms with Crippen LogP contribution in [0.25, 0.3) is 21.0 Å². The number of anilines is 1. The predicted molar refractivity (Wildman–Crippen MR) is 113 cm³/mol. The minimum atomic E-state index is -1.43. The third-order valence-electron chi connectivity index (χ3n) is 4.26. The fourth-order valence-corrected chi connectivity index (χ4v) is 4.65. The highest BCUT2D eigenvalue weighted by Gasteiger charge is 2.24. The molecule has 0 saturated carbocycles. The summed E-state index contributed by atoms with van der Waals surface area (Å²) in [4.78, 5) is 18.0. The molecule has 0 radical (unpaired) electrons. The quantitative estimate of drug-likeness (QED) is 0.454. The molecule has 0 aliphatic carbocycles. The molecule has 4 nitrogen and oxygen atoms in total. The van der Waals surface area contributed by atoms with E-state index in [1.807, 2.05) is 19.1 Å². The summed E-state index contributed by atoms with van der Waals surface area (Å²) in [5, 5.41) is 8.63. The van der Waals surface area contributed by atoms with Crippen molar-refractivity contribution in [1.29, 1.82) is 0 Å². The summed E-state index contributed by atoms with van der Waals surface area (Å²) in [7, 11) is -1.43. The van der Waals surface area contributed by atoms with Gasteiger partial charge in [0, 0.05) is 28.1 Å². The van der Waals surface area contributed by atoms with Gasteiger partial charge in [-0.1, -0.05) is 25.6 Å². The Morgan fingerprint density at radius 3 is 2.81 bits per heavy atom. The lowest BCUT2D eigenvalue weighted by molar-refractivity contribution is 0.0949. The molecular weight excluding hydrogens is 358 g/mol. The number of fused-ring (bicyclic) bond motifs is 5. The summed E-state index contributed by atoms with van der Waals surface area (Å²) in [6.07, 6.45) is 0. The van der Waals surface area contributed by atoms with Crippen LogP contribution in [0.4, 0.5) is 5.69 Å². The first-order valence-corrected chi connectivity index (χ1v) is 13.1. The van der Waals surface area contributed by atoms with Gasteiger partial charge in [0.25, 0.3) is 5.91 Å². The Labute approximate surface area is 158 Å². The van der Waals surface area contributed by atoms with Crippen LogP contribution in [0, 0.1) is 11.5 Å². The number of nitrogens with zero attached hydrogens (tertiary/aromatic N) is 1. The van der Waals surface area contributed by atoms with Gasteiger partial charge in [-0.05, 0) is 31.2 Å². The summed E-state index contributed by atoms with van der Waals surface area (Å²) in [5.41, 5.74) is 6.02. The third kappa shape index (κ3) is 3.09. The van der Waals surface area contributed by atoms with Crippen LogP contribution in [-0.2, 0) is 0 Å². The monoisotopic (exact) mass is 379 g/mol. The van der Waals surface area contributed by atoms with Gasteiger partial charge in [0.1, 0.15) is 18.6 Å². The summed E-state index contributed by atoms with van der Waals surface area (Å²) >= 11 is 1.53. The van der Waals surface area contributed by atoms with E-state index in [0.717, 1.165) is 37.2 Å². The van der Waals surface area contributed by atoms with Crippen molar-refractivity contribution >= 4 is 52.0 Å². The molecule has 132 valence electrons. The molecule has 2 aromatic heterocycles. The average molecular weight is 380 g/mol. The maximum absolute atomic E-state index is 12.5. The Balaban J connectivity index is 1.90. The Morgan fingerprint density at radius 1 is 1.23 bits per heavy atom. The minimum Gasteiger partial charge on any atom is -0.381 e. The van der Waals surface area contributed by atoms with E-state index in [-0.39, 0.29) is 11.9 Å². The number of benzene rings is 1. The SMILES string of the molecule is C[C@@H]1CNc2c(sc3ccc4nc(C#C[Si](C)(C)C)ccc4c23)C(=O)N1. The Morgan fingerprint density at radius 2 is 2.04 bits per heavy atom. The molecule has 0 bridgehead atoms. The number of pyridine rings is 1. The number of aromatic nitrogens is 1. The second-order valence-corrected chi connectivity index (χ2v) is 13.6. The fraction of sp³-hybridized carbons (Fsp3) is 0.300.